The number of methoxy groups -OCH3 is 1. The molecule has 0 unspecified atom stereocenters. The van der Waals surface area contributed by atoms with Gasteiger partial charge in [-0.15, -0.1) is 0 Å². The molecule has 140 valence electrons. The Hall–Kier alpha value is -3.12. The SMILES string of the molecule is COCc1ccccc1NC(N)=NCc1nccn1CCc1ccccc1. The minimum atomic E-state index is 0.358. The Morgan fingerprint density at radius 3 is 2.74 bits per heavy atom. The van der Waals surface area contributed by atoms with Crippen LogP contribution < -0.4 is 11.1 Å². The minimum absolute atomic E-state index is 0.358. The fraction of sp³-hybridized carbons (Fsp3) is 0.238. The van der Waals surface area contributed by atoms with Crippen molar-refractivity contribution < 1.29 is 4.74 Å². The first-order valence-corrected chi connectivity index (χ1v) is 8.94. The van der Waals surface area contributed by atoms with Crippen molar-refractivity contribution in [2.24, 2.45) is 10.7 Å². The van der Waals surface area contributed by atoms with Gasteiger partial charge in [0.15, 0.2) is 5.96 Å². The number of para-hydroxylation sites is 1. The van der Waals surface area contributed by atoms with Gasteiger partial charge in [0.05, 0.1) is 6.61 Å². The van der Waals surface area contributed by atoms with Crippen molar-refractivity contribution in [3.05, 3.63) is 83.9 Å². The van der Waals surface area contributed by atoms with Gasteiger partial charge >= 0.3 is 0 Å². The molecule has 0 atom stereocenters. The van der Waals surface area contributed by atoms with E-state index in [-0.39, 0.29) is 0 Å². The average Bonchev–Trinajstić information content (AvgIpc) is 3.15. The molecule has 6 heteroatoms. The number of nitrogens with two attached hydrogens (primary N) is 1. The quantitative estimate of drug-likeness (QED) is 0.476. The Bertz CT molecular complexity index is 873. The molecule has 0 aliphatic carbocycles. The van der Waals surface area contributed by atoms with Crippen molar-refractivity contribution in [3.63, 3.8) is 0 Å². The van der Waals surface area contributed by atoms with Crippen molar-refractivity contribution in [1.29, 1.82) is 0 Å². The van der Waals surface area contributed by atoms with Crippen LogP contribution in [-0.4, -0.2) is 22.6 Å². The Labute approximate surface area is 159 Å². The van der Waals surface area contributed by atoms with Crippen LogP contribution in [0, 0.1) is 0 Å². The van der Waals surface area contributed by atoms with E-state index in [1.807, 2.05) is 36.5 Å². The first-order valence-electron chi connectivity index (χ1n) is 8.94. The van der Waals surface area contributed by atoms with Crippen molar-refractivity contribution in [2.75, 3.05) is 12.4 Å². The van der Waals surface area contributed by atoms with Gasteiger partial charge in [0.1, 0.15) is 12.4 Å². The van der Waals surface area contributed by atoms with Gasteiger partial charge in [-0.25, -0.2) is 9.98 Å². The molecule has 0 fully saturated rings. The molecule has 27 heavy (non-hydrogen) atoms. The van der Waals surface area contributed by atoms with Crippen LogP contribution in [0.3, 0.4) is 0 Å². The first kappa shape index (κ1) is 18.7. The van der Waals surface area contributed by atoms with E-state index in [1.54, 1.807) is 13.3 Å². The second kappa shape index (κ2) is 9.54. The molecule has 1 heterocycles. The second-order valence-electron chi connectivity index (χ2n) is 6.19. The highest BCUT2D eigenvalue weighted by Gasteiger charge is 2.05. The van der Waals surface area contributed by atoms with E-state index in [2.05, 4.69) is 44.1 Å². The fourth-order valence-corrected chi connectivity index (χ4v) is 2.85. The third-order valence-electron chi connectivity index (χ3n) is 4.26. The molecule has 3 N–H and O–H groups in total. The lowest BCUT2D eigenvalue weighted by molar-refractivity contribution is 0.185. The molecule has 0 saturated heterocycles. The highest BCUT2D eigenvalue weighted by atomic mass is 16.5. The Kier molecular flexibility index (Phi) is 6.60. The number of aromatic nitrogens is 2. The molecule has 0 amide bonds. The smallest absolute Gasteiger partial charge is 0.193 e. The Morgan fingerprint density at radius 1 is 1.15 bits per heavy atom. The highest BCUT2D eigenvalue weighted by molar-refractivity contribution is 5.92. The van der Waals surface area contributed by atoms with Gasteiger partial charge in [-0.1, -0.05) is 48.5 Å². The number of nitrogens with zero attached hydrogens (tertiary/aromatic N) is 3. The van der Waals surface area contributed by atoms with Gasteiger partial charge in [0, 0.05) is 37.3 Å². The van der Waals surface area contributed by atoms with Gasteiger partial charge in [0.25, 0.3) is 0 Å². The summed E-state index contributed by atoms with van der Waals surface area (Å²) < 4.78 is 7.33. The van der Waals surface area contributed by atoms with Gasteiger partial charge in [-0.05, 0) is 18.1 Å². The van der Waals surface area contributed by atoms with Crippen LogP contribution in [-0.2, 0) is 30.9 Å². The van der Waals surface area contributed by atoms with Crippen LogP contribution in [0.2, 0.25) is 0 Å². The number of ether oxygens (including phenoxy) is 1. The van der Waals surface area contributed by atoms with E-state index in [9.17, 15) is 0 Å². The number of aliphatic imine (C=N–C) groups is 1. The molecule has 0 radical (unpaired) electrons. The lowest BCUT2D eigenvalue weighted by Crippen LogP contribution is -2.23. The van der Waals surface area contributed by atoms with Gasteiger partial charge in [0.2, 0.25) is 0 Å². The fourth-order valence-electron chi connectivity index (χ4n) is 2.85. The number of nitrogens with one attached hydrogen (secondary N) is 1. The lowest BCUT2D eigenvalue weighted by Gasteiger charge is -2.11. The monoisotopic (exact) mass is 363 g/mol. The molecule has 0 saturated carbocycles. The molecule has 6 nitrogen and oxygen atoms in total. The summed E-state index contributed by atoms with van der Waals surface area (Å²) in [5, 5.41) is 3.15. The third kappa shape index (κ3) is 5.43. The van der Waals surface area contributed by atoms with E-state index in [4.69, 9.17) is 10.5 Å². The lowest BCUT2D eigenvalue weighted by atomic mass is 10.1. The Balaban J connectivity index is 1.60. The van der Waals surface area contributed by atoms with Gasteiger partial charge in [-0.2, -0.15) is 0 Å². The van der Waals surface area contributed by atoms with Crippen molar-refractivity contribution >= 4 is 11.6 Å². The average molecular weight is 363 g/mol. The molecule has 3 aromatic rings. The number of benzene rings is 2. The summed E-state index contributed by atoms with van der Waals surface area (Å²) in [6, 6.07) is 18.3. The molecule has 3 rings (SSSR count). The summed E-state index contributed by atoms with van der Waals surface area (Å²) >= 11 is 0. The van der Waals surface area contributed by atoms with Crippen LogP contribution in [0.5, 0.6) is 0 Å². The van der Waals surface area contributed by atoms with Crippen molar-refractivity contribution in [1.82, 2.24) is 9.55 Å². The first-order chi connectivity index (χ1) is 13.3. The van der Waals surface area contributed by atoms with E-state index in [1.165, 1.54) is 5.56 Å². The maximum Gasteiger partial charge on any atom is 0.193 e. The number of hydrogen-bond acceptors (Lipinski definition) is 3. The summed E-state index contributed by atoms with van der Waals surface area (Å²) in [4.78, 5) is 8.84. The van der Waals surface area contributed by atoms with Crippen LogP contribution >= 0.6 is 0 Å². The van der Waals surface area contributed by atoms with Gasteiger partial charge in [-0.3, -0.25) is 0 Å². The van der Waals surface area contributed by atoms with Crippen LogP contribution in [0.25, 0.3) is 0 Å². The predicted octanol–water partition coefficient (Wildman–Crippen LogP) is 3.20. The zero-order chi connectivity index (χ0) is 18.9. The highest BCUT2D eigenvalue weighted by Crippen LogP contribution is 2.15. The van der Waals surface area contributed by atoms with Crippen LogP contribution in [0.1, 0.15) is 17.0 Å². The molecule has 0 spiro atoms. The molecule has 0 aliphatic rings. The molecule has 0 aliphatic heterocycles. The number of anilines is 1. The number of guanidine groups is 1. The number of rotatable bonds is 8. The van der Waals surface area contributed by atoms with E-state index >= 15 is 0 Å². The largest absolute Gasteiger partial charge is 0.380 e. The zero-order valence-corrected chi connectivity index (χ0v) is 15.5. The van der Waals surface area contributed by atoms with E-state index in [0.29, 0.717) is 19.1 Å². The zero-order valence-electron chi connectivity index (χ0n) is 15.5. The summed E-state index contributed by atoms with van der Waals surface area (Å²) in [6.45, 7) is 1.80. The summed E-state index contributed by atoms with van der Waals surface area (Å²) in [6.07, 6.45) is 4.73. The maximum absolute atomic E-state index is 6.06. The number of aryl methyl sites for hydroxylation is 2. The Morgan fingerprint density at radius 2 is 1.93 bits per heavy atom. The standard InChI is InChI=1S/C21H25N5O/c1-27-16-18-9-5-6-10-19(18)25-21(22)24-15-20-23-12-14-26(20)13-11-17-7-3-2-4-8-17/h2-10,12,14H,11,13,15-16H2,1H3,(H3,22,24,25). The van der Waals surface area contributed by atoms with Gasteiger partial charge < -0.3 is 20.4 Å². The number of imidazole rings is 1. The molecule has 1 aromatic heterocycles. The summed E-state index contributed by atoms with van der Waals surface area (Å²) in [7, 11) is 1.67. The van der Waals surface area contributed by atoms with Crippen LogP contribution in [0.4, 0.5) is 5.69 Å². The van der Waals surface area contributed by atoms with Crippen LogP contribution in [0.15, 0.2) is 72.0 Å². The minimum Gasteiger partial charge on any atom is -0.380 e. The predicted molar refractivity (Wildman–Crippen MR) is 108 cm³/mol. The normalized spacial score (nSPS) is 11.5. The van der Waals surface area contributed by atoms with E-state index in [0.717, 1.165) is 30.0 Å². The molecular formula is C21H25N5O. The topological polar surface area (TPSA) is 77.5 Å². The molecule has 0 bridgehead atoms. The molecule has 2 aromatic carbocycles. The summed E-state index contributed by atoms with van der Waals surface area (Å²) in [5.41, 5.74) is 9.29. The number of hydrogen-bond donors (Lipinski definition) is 2. The molecular weight excluding hydrogens is 338 g/mol. The van der Waals surface area contributed by atoms with E-state index < -0.39 is 0 Å². The van der Waals surface area contributed by atoms with Crippen molar-refractivity contribution in [3.8, 4) is 0 Å². The second-order valence-corrected chi connectivity index (χ2v) is 6.19. The third-order valence-corrected chi connectivity index (χ3v) is 4.26. The summed E-state index contributed by atoms with van der Waals surface area (Å²) in [5.74, 6) is 1.25. The maximum atomic E-state index is 6.06. The van der Waals surface area contributed by atoms with Crippen molar-refractivity contribution in [2.45, 2.75) is 26.1 Å².